The average molecular weight is 234 g/mol. The Morgan fingerprint density at radius 2 is 1.76 bits per heavy atom. The number of Topliss-reactive ketones (excluding diaryl/α,β-unsaturated/α-hetero) is 2. The quantitative estimate of drug-likeness (QED) is 0.604. The summed E-state index contributed by atoms with van der Waals surface area (Å²) in [6.07, 6.45) is 5.24. The van der Waals surface area contributed by atoms with Crippen LogP contribution in [0.1, 0.15) is 52.9 Å². The summed E-state index contributed by atoms with van der Waals surface area (Å²) in [5.74, 6) is 0.893. The van der Waals surface area contributed by atoms with Gasteiger partial charge in [0.05, 0.1) is 0 Å². The number of carbonyl (C=O) groups is 2. The molecule has 0 saturated heterocycles. The smallest absolute Gasteiger partial charge is 0.204 e. The van der Waals surface area contributed by atoms with Crippen LogP contribution in [0.2, 0.25) is 0 Å². The van der Waals surface area contributed by atoms with Crippen molar-refractivity contribution in [2.45, 2.75) is 52.9 Å². The van der Waals surface area contributed by atoms with E-state index in [1.54, 1.807) is 0 Å². The summed E-state index contributed by atoms with van der Waals surface area (Å²) in [7, 11) is 0. The molecule has 3 aliphatic carbocycles. The van der Waals surface area contributed by atoms with E-state index < -0.39 is 0 Å². The Hall–Kier alpha value is -0.660. The summed E-state index contributed by atoms with van der Waals surface area (Å²) < 4.78 is 0. The standard InChI is InChI=1S/C15H22O2/c1-14(2)7-4-8-15(3)10-6-5-9(11(10)14)12(16)13(15)17/h9-11H,4-8H2,1-3H3. The minimum atomic E-state index is -0.331. The van der Waals surface area contributed by atoms with E-state index in [9.17, 15) is 9.59 Å². The first-order chi connectivity index (χ1) is 7.88. The van der Waals surface area contributed by atoms with Crippen LogP contribution in [-0.4, -0.2) is 11.6 Å². The van der Waals surface area contributed by atoms with Crippen LogP contribution in [0.3, 0.4) is 0 Å². The third-order valence-electron chi connectivity index (χ3n) is 5.97. The molecule has 17 heavy (non-hydrogen) atoms. The Bertz CT molecular complexity index is 396. The molecule has 2 nitrogen and oxygen atoms in total. The minimum Gasteiger partial charge on any atom is -0.291 e. The van der Waals surface area contributed by atoms with Gasteiger partial charge < -0.3 is 0 Å². The number of hydrogen-bond acceptors (Lipinski definition) is 2. The van der Waals surface area contributed by atoms with E-state index in [0.29, 0.717) is 11.8 Å². The van der Waals surface area contributed by atoms with E-state index in [-0.39, 0.29) is 28.3 Å². The maximum atomic E-state index is 12.3. The second kappa shape index (κ2) is 3.21. The summed E-state index contributed by atoms with van der Waals surface area (Å²) >= 11 is 0. The first kappa shape index (κ1) is 11.4. The molecule has 94 valence electrons. The topological polar surface area (TPSA) is 34.1 Å². The van der Waals surface area contributed by atoms with Crippen LogP contribution < -0.4 is 0 Å². The molecule has 0 radical (unpaired) electrons. The molecular weight excluding hydrogens is 212 g/mol. The van der Waals surface area contributed by atoms with Crippen LogP contribution >= 0.6 is 0 Å². The van der Waals surface area contributed by atoms with Crippen molar-refractivity contribution < 1.29 is 9.59 Å². The number of hydrogen-bond donors (Lipinski definition) is 0. The van der Waals surface area contributed by atoms with Crippen LogP contribution in [-0.2, 0) is 9.59 Å². The molecule has 2 heteroatoms. The van der Waals surface area contributed by atoms with Crippen molar-refractivity contribution in [2.75, 3.05) is 0 Å². The molecule has 3 aliphatic rings. The van der Waals surface area contributed by atoms with Gasteiger partial charge in [-0.2, -0.15) is 0 Å². The van der Waals surface area contributed by atoms with Crippen LogP contribution in [0, 0.1) is 28.6 Å². The Kier molecular flexibility index (Phi) is 2.16. The Labute approximate surface area is 103 Å². The Morgan fingerprint density at radius 1 is 1.06 bits per heavy atom. The molecule has 0 aromatic rings. The fourth-order valence-electron chi connectivity index (χ4n) is 5.09. The fourth-order valence-corrected chi connectivity index (χ4v) is 5.09. The van der Waals surface area contributed by atoms with Gasteiger partial charge in [0.1, 0.15) is 0 Å². The van der Waals surface area contributed by atoms with Crippen molar-refractivity contribution in [1.29, 1.82) is 0 Å². The molecule has 0 aromatic carbocycles. The van der Waals surface area contributed by atoms with Crippen molar-refractivity contribution in [3.63, 3.8) is 0 Å². The van der Waals surface area contributed by atoms with Crippen molar-refractivity contribution in [2.24, 2.45) is 28.6 Å². The third kappa shape index (κ3) is 1.27. The second-order valence-electron chi connectivity index (χ2n) is 7.27. The molecular formula is C15H22O2. The lowest BCUT2D eigenvalue weighted by Gasteiger charge is -2.45. The predicted octanol–water partition coefficient (Wildman–Crippen LogP) is 3.00. The molecule has 4 atom stereocenters. The molecule has 3 fully saturated rings. The zero-order valence-corrected chi connectivity index (χ0v) is 11.1. The number of rotatable bonds is 0. The lowest BCUT2D eigenvalue weighted by molar-refractivity contribution is -0.153. The van der Waals surface area contributed by atoms with E-state index in [1.807, 2.05) is 0 Å². The van der Waals surface area contributed by atoms with Crippen molar-refractivity contribution in [3.8, 4) is 0 Å². The molecule has 0 aromatic heterocycles. The summed E-state index contributed by atoms with van der Waals surface area (Å²) in [6, 6.07) is 0. The van der Waals surface area contributed by atoms with Crippen LogP contribution in [0.15, 0.2) is 0 Å². The Morgan fingerprint density at radius 3 is 2.47 bits per heavy atom. The van der Waals surface area contributed by atoms with Crippen LogP contribution in [0.4, 0.5) is 0 Å². The van der Waals surface area contributed by atoms with Gasteiger partial charge in [-0.15, -0.1) is 0 Å². The van der Waals surface area contributed by atoms with Crippen LogP contribution in [0.5, 0.6) is 0 Å². The molecule has 4 unspecified atom stereocenters. The molecule has 0 N–H and O–H groups in total. The molecule has 3 saturated carbocycles. The predicted molar refractivity (Wildman–Crippen MR) is 65.5 cm³/mol. The van der Waals surface area contributed by atoms with Crippen molar-refractivity contribution in [3.05, 3.63) is 0 Å². The minimum absolute atomic E-state index is 0.0405. The number of carbonyl (C=O) groups excluding carboxylic acids is 2. The highest BCUT2D eigenvalue weighted by Gasteiger charge is 2.63. The Balaban J connectivity index is 2.15. The largest absolute Gasteiger partial charge is 0.291 e. The zero-order chi connectivity index (χ0) is 12.4. The monoisotopic (exact) mass is 234 g/mol. The van der Waals surface area contributed by atoms with E-state index in [0.717, 1.165) is 25.7 Å². The summed E-state index contributed by atoms with van der Waals surface area (Å²) in [6.45, 7) is 6.67. The molecule has 0 heterocycles. The first-order valence-electron chi connectivity index (χ1n) is 6.96. The van der Waals surface area contributed by atoms with Crippen LogP contribution in [0.25, 0.3) is 0 Å². The summed E-state index contributed by atoms with van der Waals surface area (Å²) in [5, 5.41) is 0. The van der Waals surface area contributed by atoms with Gasteiger partial charge >= 0.3 is 0 Å². The van der Waals surface area contributed by atoms with E-state index in [1.165, 1.54) is 6.42 Å². The van der Waals surface area contributed by atoms with Gasteiger partial charge in [0.15, 0.2) is 0 Å². The molecule has 0 spiro atoms. The first-order valence-corrected chi connectivity index (χ1v) is 6.96. The average Bonchev–Trinajstić information content (AvgIpc) is 2.64. The lowest BCUT2D eigenvalue weighted by atomic mass is 9.56. The van der Waals surface area contributed by atoms with E-state index in [2.05, 4.69) is 20.8 Å². The van der Waals surface area contributed by atoms with Gasteiger partial charge in [0.2, 0.25) is 11.6 Å². The lowest BCUT2D eigenvalue weighted by Crippen LogP contribution is -2.51. The normalized spacial score (nSPS) is 48.1. The third-order valence-corrected chi connectivity index (χ3v) is 5.97. The van der Waals surface area contributed by atoms with Gasteiger partial charge in [-0.1, -0.05) is 27.2 Å². The molecule has 0 aliphatic heterocycles. The highest BCUT2D eigenvalue weighted by molar-refractivity contribution is 6.40. The van der Waals surface area contributed by atoms with Gasteiger partial charge in [0.25, 0.3) is 0 Å². The summed E-state index contributed by atoms with van der Waals surface area (Å²) in [4.78, 5) is 24.6. The van der Waals surface area contributed by atoms with Gasteiger partial charge in [-0.3, -0.25) is 9.59 Å². The van der Waals surface area contributed by atoms with Gasteiger partial charge in [-0.25, -0.2) is 0 Å². The summed E-state index contributed by atoms with van der Waals surface area (Å²) in [5.41, 5.74) is -0.0948. The SMILES string of the molecule is CC1(C)CCCC2(C)C(=O)C(=O)C3CCC2C31. The second-order valence-corrected chi connectivity index (χ2v) is 7.27. The fraction of sp³-hybridized carbons (Fsp3) is 0.867. The van der Waals surface area contributed by atoms with Gasteiger partial charge in [0, 0.05) is 11.3 Å². The van der Waals surface area contributed by atoms with Gasteiger partial charge in [-0.05, 0) is 42.9 Å². The zero-order valence-electron chi connectivity index (χ0n) is 11.1. The molecule has 3 rings (SSSR count). The van der Waals surface area contributed by atoms with E-state index >= 15 is 0 Å². The van der Waals surface area contributed by atoms with Crippen molar-refractivity contribution in [1.82, 2.24) is 0 Å². The highest BCUT2D eigenvalue weighted by Crippen LogP contribution is 2.62. The number of ketones is 2. The maximum Gasteiger partial charge on any atom is 0.204 e. The molecule has 4 bridgehead atoms. The maximum absolute atomic E-state index is 12.3. The van der Waals surface area contributed by atoms with Crippen molar-refractivity contribution >= 4 is 11.6 Å². The molecule has 0 amide bonds. The van der Waals surface area contributed by atoms with E-state index in [4.69, 9.17) is 0 Å². The highest BCUT2D eigenvalue weighted by atomic mass is 16.2.